The number of benzene rings is 1. The van der Waals surface area contributed by atoms with Crippen LogP contribution in [0.15, 0.2) is 36.5 Å². The van der Waals surface area contributed by atoms with Gasteiger partial charge < -0.3 is 70.1 Å². The molecule has 312 valence electrons. The van der Waals surface area contributed by atoms with Gasteiger partial charge in [0.1, 0.15) is 54.6 Å². The molecule has 2 aliphatic rings. The van der Waals surface area contributed by atoms with E-state index in [2.05, 4.69) is 22.5 Å². The van der Waals surface area contributed by atoms with Crippen molar-refractivity contribution >= 4 is 16.8 Å². The molecule has 55 heavy (non-hydrogen) atoms. The van der Waals surface area contributed by atoms with Crippen LogP contribution in [0.1, 0.15) is 96.0 Å². The van der Waals surface area contributed by atoms with Gasteiger partial charge in [0.25, 0.3) is 0 Å². The molecule has 0 bridgehead atoms. The fourth-order valence-corrected chi connectivity index (χ4v) is 6.88. The summed E-state index contributed by atoms with van der Waals surface area (Å²) in [6, 6.07) is 5.18. The molecular formula is C40H64N2O13. The largest absolute Gasteiger partial charge is 0.462 e. The van der Waals surface area contributed by atoms with Crippen molar-refractivity contribution in [2.75, 3.05) is 19.8 Å². The molecule has 2 aliphatic heterocycles. The SMILES string of the molecule is CCC(O)CCCCC/C=C\CCCCCCCC(=O)NCCc1c[nH]c2ccc(O[C@@H]3O[C@H](CO[C@@H]4O[C@H](CO)[C@@H](O)[C@H](O)[C@H]4O)[C@@H](O)[C@H](O)[C@H]3O)cc12. The number of H-pyrrole nitrogens is 1. The molecule has 4 rings (SSSR count). The highest BCUT2D eigenvalue weighted by atomic mass is 16.7. The van der Waals surface area contributed by atoms with Gasteiger partial charge in [-0.2, -0.15) is 0 Å². The number of carbonyl (C=O) groups is 1. The Balaban J connectivity index is 1.14. The lowest BCUT2D eigenvalue weighted by Crippen LogP contribution is -2.62. The third-order valence-corrected chi connectivity index (χ3v) is 10.5. The highest BCUT2D eigenvalue weighted by molar-refractivity contribution is 5.84. The summed E-state index contributed by atoms with van der Waals surface area (Å²) in [5.74, 6) is 0.329. The first kappa shape index (κ1) is 45.0. The molecule has 15 nitrogen and oxygen atoms in total. The lowest BCUT2D eigenvalue weighted by molar-refractivity contribution is -0.323. The van der Waals surface area contributed by atoms with Crippen LogP contribution >= 0.6 is 0 Å². The average molecular weight is 781 g/mol. The Bertz CT molecular complexity index is 1420. The van der Waals surface area contributed by atoms with Crippen molar-refractivity contribution in [3.63, 3.8) is 0 Å². The van der Waals surface area contributed by atoms with Crippen molar-refractivity contribution in [3.8, 4) is 5.75 Å². The van der Waals surface area contributed by atoms with Crippen LogP contribution in [0.3, 0.4) is 0 Å². The number of hydrogen-bond acceptors (Lipinski definition) is 13. The molecule has 2 saturated heterocycles. The highest BCUT2D eigenvalue weighted by Gasteiger charge is 2.48. The van der Waals surface area contributed by atoms with E-state index in [9.17, 15) is 45.6 Å². The lowest BCUT2D eigenvalue weighted by atomic mass is 9.98. The number of rotatable bonds is 24. The number of aliphatic hydroxyl groups is 8. The molecule has 10 N–H and O–H groups in total. The standard InChI is InChI=1S/C40H64N2O13/c1-2-26(44)15-13-11-9-7-5-3-4-6-8-10-12-14-16-32(45)41-20-19-25-22-42-29-18-17-27(21-28(25)29)53-40-38(51)36(49)34(47)31(55-40)24-52-39-37(50)35(48)33(46)30(23-43)54-39/h3,5,17-18,21-22,26,30-31,33-40,42-44,46-51H,2,4,6-16,19-20,23-24H2,1H3,(H,41,45)/b5-3-/t26?,30-,31-,33-,34-,35+,36+,37-,38-,39-,40-/m1/s1. The smallest absolute Gasteiger partial charge is 0.229 e. The monoisotopic (exact) mass is 780 g/mol. The van der Waals surface area contributed by atoms with Gasteiger partial charge in [0.15, 0.2) is 6.29 Å². The second-order valence-corrected chi connectivity index (χ2v) is 14.8. The number of unbranched alkanes of at least 4 members (excludes halogenated alkanes) is 8. The van der Waals surface area contributed by atoms with Crippen LogP contribution in [0.5, 0.6) is 5.75 Å². The predicted octanol–water partition coefficient (Wildman–Crippen LogP) is 1.84. The lowest BCUT2D eigenvalue weighted by Gasteiger charge is -2.42. The zero-order chi connectivity index (χ0) is 39.7. The summed E-state index contributed by atoms with van der Waals surface area (Å²) in [7, 11) is 0. The number of fused-ring (bicyclic) bond motifs is 1. The summed E-state index contributed by atoms with van der Waals surface area (Å²) >= 11 is 0. The van der Waals surface area contributed by atoms with Crippen molar-refractivity contribution in [2.24, 2.45) is 0 Å². The number of nitrogens with one attached hydrogen (secondary N) is 2. The number of carbonyl (C=O) groups excluding carboxylic acids is 1. The number of aromatic amines is 1. The Morgan fingerprint density at radius 1 is 0.836 bits per heavy atom. The van der Waals surface area contributed by atoms with Crippen LogP contribution in [-0.2, 0) is 25.4 Å². The maximum atomic E-state index is 12.5. The second-order valence-electron chi connectivity index (χ2n) is 14.8. The van der Waals surface area contributed by atoms with E-state index in [4.69, 9.17) is 18.9 Å². The Kier molecular flexibility index (Phi) is 19.3. The molecule has 0 aliphatic carbocycles. The molecule has 1 aromatic carbocycles. The minimum Gasteiger partial charge on any atom is -0.462 e. The minimum atomic E-state index is -1.68. The number of hydrogen-bond donors (Lipinski definition) is 10. The summed E-state index contributed by atoms with van der Waals surface area (Å²) in [6.07, 6.45) is 4.80. The van der Waals surface area contributed by atoms with E-state index in [1.807, 2.05) is 13.1 Å². The quantitative estimate of drug-likeness (QED) is 0.0541. The zero-order valence-electron chi connectivity index (χ0n) is 32.0. The molecule has 1 unspecified atom stereocenters. The first-order valence-electron chi connectivity index (χ1n) is 20.0. The van der Waals surface area contributed by atoms with Crippen LogP contribution in [0.25, 0.3) is 10.9 Å². The van der Waals surface area contributed by atoms with Gasteiger partial charge in [-0.15, -0.1) is 0 Å². The second kappa shape index (κ2) is 23.5. The number of ether oxygens (including phenoxy) is 4. The van der Waals surface area contributed by atoms with Crippen molar-refractivity contribution in [1.82, 2.24) is 10.3 Å². The van der Waals surface area contributed by atoms with Crippen LogP contribution < -0.4 is 10.1 Å². The number of amides is 1. The molecule has 1 aromatic heterocycles. The summed E-state index contributed by atoms with van der Waals surface area (Å²) in [4.78, 5) is 15.7. The topological polar surface area (TPSA) is 244 Å². The fraction of sp³-hybridized carbons (Fsp3) is 0.725. The molecule has 0 saturated carbocycles. The molecule has 3 heterocycles. The zero-order valence-corrected chi connectivity index (χ0v) is 32.0. The Hall–Kier alpha value is -2.67. The van der Waals surface area contributed by atoms with Gasteiger partial charge in [-0.1, -0.05) is 51.2 Å². The first-order chi connectivity index (χ1) is 26.5. The minimum absolute atomic E-state index is 0.0188. The number of aromatic nitrogens is 1. The van der Waals surface area contributed by atoms with Gasteiger partial charge in [0.05, 0.1) is 19.3 Å². The van der Waals surface area contributed by atoms with Crippen LogP contribution in [0.2, 0.25) is 0 Å². The van der Waals surface area contributed by atoms with E-state index in [1.54, 1.807) is 18.2 Å². The average Bonchev–Trinajstić information content (AvgIpc) is 3.59. The van der Waals surface area contributed by atoms with Crippen molar-refractivity contribution in [2.45, 2.75) is 164 Å². The van der Waals surface area contributed by atoms with Gasteiger partial charge in [-0.3, -0.25) is 4.79 Å². The van der Waals surface area contributed by atoms with Crippen LogP contribution in [0.4, 0.5) is 0 Å². The first-order valence-corrected chi connectivity index (χ1v) is 20.0. The number of aliphatic hydroxyl groups excluding tert-OH is 8. The summed E-state index contributed by atoms with van der Waals surface area (Å²) in [6.45, 7) is 1.35. The Morgan fingerprint density at radius 2 is 1.47 bits per heavy atom. The van der Waals surface area contributed by atoms with E-state index in [0.29, 0.717) is 25.1 Å². The molecule has 0 spiro atoms. The van der Waals surface area contributed by atoms with Crippen molar-refractivity contribution in [3.05, 3.63) is 42.1 Å². The predicted molar refractivity (Wildman–Crippen MR) is 203 cm³/mol. The summed E-state index contributed by atoms with van der Waals surface area (Å²) < 4.78 is 22.5. The molecule has 0 radical (unpaired) electrons. The molecule has 1 amide bonds. The van der Waals surface area contributed by atoms with Crippen molar-refractivity contribution in [1.29, 1.82) is 0 Å². The van der Waals surface area contributed by atoms with E-state index in [1.165, 1.54) is 12.8 Å². The molecule has 2 fully saturated rings. The van der Waals surface area contributed by atoms with Gasteiger partial charge in [-0.05, 0) is 75.1 Å². The molecule has 11 atom stereocenters. The van der Waals surface area contributed by atoms with E-state index in [-0.39, 0.29) is 12.0 Å². The van der Waals surface area contributed by atoms with Gasteiger partial charge in [0, 0.05) is 30.1 Å². The Labute approximate surface area is 323 Å². The van der Waals surface area contributed by atoms with Crippen LogP contribution in [-0.4, -0.2) is 139 Å². The third kappa shape index (κ3) is 13.7. The van der Waals surface area contributed by atoms with Gasteiger partial charge >= 0.3 is 0 Å². The molecular weight excluding hydrogens is 716 g/mol. The fourth-order valence-electron chi connectivity index (χ4n) is 6.88. The summed E-state index contributed by atoms with van der Waals surface area (Å²) in [5, 5.41) is 84.9. The molecule has 15 heteroatoms. The maximum absolute atomic E-state index is 12.5. The maximum Gasteiger partial charge on any atom is 0.229 e. The molecule has 2 aromatic rings. The van der Waals surface area contributed by atoms with Crippen LogP contribution in [0, 0.1) is 0 Å². The Morgan fingerprint density at radius 3 is 2.18 bits per heavy atom. The van der Waals surface area contributed by atoms with E-state index >= 15 is 0 Å². The van der Waals surface area contributed by atoms with Crippen molar-refractivity contribution < 1.29 is 64.6 Å². The third-order valence-electron chi connectivity index (χ3n) is 10.5. The summed E-state index contributed by atoms with van der Waals surface area (Å²) in [5.41, 5.74) is 1.77. The van der Waals surface area contributed by atoms with E-state index < -0.39 is 74.6 Å². The van der Waals surface area contributed by atoms with Gasteiger partial charge in [0.2, 0.25) is 12.2 Å². The number of allylic oxidation sites excluding steroid dienone is 2. The normalized spacial score (nSPS) is 29.2. The van der Waals surface area contributed by atoms with Gasteiger partial charge in [-0.25, -0.2) is 0 Å². The van der Waals surface area contributed by atoms with E-state index in [0.717, 1.165) is 80.7 Å². The highest BCUT2D eigenvalue weighted by Crippen LogP contribution is 2.29.